The Morgan fingerprint density at radius 2 is 1.94 bits per heavy atom. The van der Waals surface area contributed by atoms with E-state index in [-0.39, 0.29) is 0 Å². The predicted octanol–water partition coefficient (Wildman–Crippen LogP) is 2.76. The molecule has 0 unspecified atom stereocenters. The Balaban J connectivity index is 2.16. The highest BCUT2D eigenvalue weighted by molar-refractivity contribution is 5.46. The summed E-state index contributed by atoms with van der Waals surface area (Å²) in [5.41, 5.74) is 8.03. The zero-order chi connectivity index (χ0) is 12.1. The van der Waals surface area contributed by atoms with Crippen molar-refractivity contribution in [1.29, 1.82) is 0 Å². The number of nitrogens with zero attached hydrogens (tertiary/aromatic N) is 1. The van der Waals surface area contributed by atoms with E-state index in [1.165, 1.54) is 11.3 Å². The highest BCUT2D eigenvalue weighted by Gasteiger charge is 2.09. The lowest BCUT2D eigenvalue weighted by molar-refractivity contribution is 0.506. The van der Waals surface area contributed by atoms with E-state index in [1.54, 1.807) is 6.26 Å². The van der Waals surface area contributed by atoms with Crippen LogP contribution in [0.3, 0.4) is 0 Å². The van der Waals surface area contributed by atoms with Gasteiger partial charge in [-0.1, -0.05) is 18.2 Å². The lowest BCUT2D eigenvalue weighted by Crippen LogP contribution is -2.22. The van der Waals surface area contributed by atoms with Gasteiger partial charge in [-0.15, -0.1) is 0 Å². The van der Waals surface area contributed by atoms with E-state index in [0.717, 1.165) is 18.8 Å². The van der Waals surface area contributed by atoms with Crippen LogP contribution < -0.4 is 10.6 Å². The number of rotatable bonds is 5. The van der Waals surface area contributed by atoms with Crippen LogP contribution in [0.25, 0.3) is 0 Å². The van der Waals surface area contributed by atoms with Gasteiger partial charge in [-0.05, 0) is 25.1 Å². The molecule has 0 spiro atoms. The highest BCUT2D eigenvalue weighted by atomic mass is 16.3. The minimum absolute atomic E-state index is 0.453. The monoisotopic (exact) mass is 230 g/mol. The molecule has 0 radical (unpaired) electrons. The number of nitrogens with two attached hydrogens (primary N) is 1. The van der Waals surface area contributed by atoms with Crippen molar-refractivity contribution in [2.45, 2.75) is 20.0 Å². The van der Waals surface area contributed by atoms with E-state index < -0.39 is 0 Å². The molecule has 0 amide bonds. The van der Waals surface area contributed by atoms with E-state index in [9.17, 15) is 0 Å². The summed E-state index contributed by atoms with van der Waals surface area (Å²) in [4.78, 5) is 2.30. The third kappa shape index (κ3) is 2.68. The van der Waals surface area contributed by atoms with Gasteiger partial charge in [-0.3, -0.25) is 0 Å². The summed E-state index contributed by atoms with van der Waals surface area (Å²) in [5.74, 6) is 0.874. The van der Waals surface area contributed by atoms with Crippen LogP contribution in [0.4, 0.5) is 5.69 Å². The fraction of sp³-hybridized carbons (Fsp3) is 0.286. The van der Waals surface area contributed by atoms with Crippen molar-refractivity contribution < 1.29 is 4.42 Å². The van der Waals surface area contributed by atoms with E-state index in [0.29, 0.717) is 6.54 Å². The van der Waals surface area contributed by atoms with E-state index in [1.807, 2.05) is 12.1 Å². The zero-order valence-electron chi connectivity index (χ0n) is 10.1. The Bertz CT molecular complexity index is 450. The molecular weight excluding hydrogens is 212 g/mol. The van der Waals surface area contributed by atoms with E-state index in [4.69, 9.17) is 10.2 Å². The summed E-state index contributed by atoms with van der Waals surface area (Å²) >= 11 is 0. The molecule has 3 nitrogen and oxygen atoms in total. The van der Waals surface area contributed by atoms with Gasteiger partial charge in [0, 0.05) is 24.3 Å². The van der Waals surface area contributed by atoms with Gasteiger partial charge in [0.25, 0.3) is 0 Å². The maximum atomic E-state index is 5.64. The van der Waals surface area contributed by atoms with Crippen LogP contribution in [0.15, 0.2) is 47.1 Å². The average Bonchev–Trinajstić information content (AvgIpc) is 2.84. The lowest BCUT2D eigenvalue weighted by Gasteiger charge is -2.22. The molecule has 2 aromatic rings. The topological polar surface area (TPSA) is 42.4 Å². The van der Waals surface area contributed by atoms with E-state index in [2.05, 4.69) is 36.1 Å². The number of hydrogen-bond donors (Lipinski definition) is 1. The number of hydrogen-bond acceptors (Lipinski definition) is 3. The largest absolute Gasteiger partial charge is 0.468 e. The molecule has 0 atom stereocenters. The molecule has 1 heterocycles. The standard InChI is InChI=1S/C14H18N2O/c1-2-16(13-6-4-3-5-7-13)11-12-8-9-17-14(12)10-15/h3-9H,2,10-11,15H2,1H3. The molecule has 2 N–H and O–H groups in total. The van der Waals surface area contributed by atoms with Gasteiger partial charge in [-0.2, -0.15) is 0 Å². The molecule has 0 aliphatic heterocycles. The van der Waals surface area contributed by atoms with Crippen molar-refractivity contribution in [3.63, 3.8) is 0 Å². The average molecular weight is 230 g/mol. The molecule has 2 rings (SSSR count). The smallest absolute Gasteiger partial charge is 0.122 e. The fourth-order valence-corrected chi connectivity index (χ4v) is 1.92. The normalized spacial score (nSPS) is 10.5. The van der Waals surface area contributed by atoms with Crippen LogP contribution >= 0.6 is 0 Å². The lowest BCUT2D eigenvalue weighted by atomic mass is 10.2. The highest BCUT2D eigenvalue weighted by Crippen LogP contribution is 2.19. The Hall–Kier alpha value is -1.74. The molecule has 0 saturated heterocycles. The summed E-state index contributed by atoms with van der Waals surface area (Å²) in [7, 11) is 0. The SMILES string of the molecule is CCN(Cc1ccoc1CN)c1ccccc1. The second kappa shape index (κ2) is 5.55. The maximum absolute atomic E-state index is 5.64. The molecule has 3 heteroatoms. The third-order valence-corrected chi connectivity index (χ3v) is 2.89. The number of anilines is 1. The van der Waals surface area contributed by atoms with Gasteiger partial charge < -0.3 is 15.1 Å². The quantitative estimate of drug-likeness (QED) is 0.858. The van der Waals surface area contributed by atoms with Crippen molar-refractivity contribution in [3.8, 4) is 0 Å². The molecule has 1 aromatic carbocycles. The Labute approximate surface area is 102 Å². The molecule has 1 aromatic heterocycles. The zero-order valence-corrected chi connectivity index (χ0v) is 10.1. The second-order valence-electron chi connectivity index (χ2n) is 3.92. The van der Waals surface area contributed by atoms with Gasteiger partial charge in [-0.25, -0.2) is 0 Å². The fourth-order valence-electron chi connectivity index (χ4n) is 1.92. The summed E-state index contributed by atoms with van der Waals surface area (Å²) < 4.78 is 5.34. The van der Waals surface area contributed by atoms with E-state index >= 15 is 0 Å². The van der Waals surface area contributed by atoms with Gasteiger partial charge in [0.05, 0.1) is 12.8 Å². The number of benzene rings is 1. The van der Waals surface area contributed by atoms with Crippen LogP contribution in [0.1, 0.15) is 18.2 Å². The Kier molecular flexibility index (Phi) is 3.83. The van der Waals surface area contributed by atoms with Crippen LogP contribution in [0, 0.1) is 0 Å². The minimum Gasteiger partial charge on any atom is -0.468 e. The van der Waals surface area contributed by atoms with Gasteiger partial charge in [0.1, 0.15) is 5.76 Å². The van der Waals surface area contributed by atoms with Crippen molar-refractivity contribution in [2.24, 2.45) is 5.73 Å². The first-order chi connectivity index (χ1) is 8.35. The number of furan rings is 1. The molecular formula is C14H18N2O. The molecule has 0 aliphatic carbocycles. The minimum atomic E-state index is 0.453. The van der Waals surface area contributed by atoms with Crippen LogP contribution in [-0.4, -0.2) is 6.54 Å². The molecule has 17 heavy (non-hydrogen) atoms. The summed E-state index contributed by atoms with van der Waals surface area (Å²) in [6.07, 6.45) is 1.70. The Morgan fingerprint density at radius 1 is 1.18 bits per heavy atom. The predicted molar refractivity (Wildman–Crippen MR) is 69.8 cm³/mol. The first-order valence-corrected chi connectivity index (χ1v) is 5.90. The first-order valence-electron chi connectivity index (χ1n) is 5.90. The summed E-state index contributed by atoms with van der Waals surface area (Å²) in [5, 5.41) is 0. The summed E-state index contributed by atoms with van der Waals surface area (Å²) in [6, 6.07) is 12.4. The van der Waals surface area contributed by atoms with Crippen molar-refractivity contribution >= 4 is 5.69 Å². The molecule has 0 saturated carbocycles. The first kappa shape index (κ1) is 11.7. The maximum Gasteiger partial charge on any atom is 0.122 e. The van der Waals surface area contributed by atoms with Gasteiger partial charge in [0.15, 0.2) is 0 Å². The van der Waals surface area contributed by atoms with Crippen molar-refractivity contribution in [1.82, 2.24) is 0 Å². The second-order valence-corrected chi connectivity index (χ2v) is 3.92. The molecule has 90 valence electrons. The molecule has 0 bridgehead atoms. The third-order valence-electron chi connectivity index (χ3n) is 2.89. The Morgan fingerprint density at radius 3 is 2.59 bits per heavy atom. The molecule has 0 aliphatic rings. The summed E-state index contributed by atoms with van der Waals surface area (Å²) in [6.45, 7) is 4.40. The van der Waals surface area contributed by atoms with Crippen LogP contribution in [-0.2, 0) is 13.1 Å². The molecule has 0 fully saturated rings. The van der Waals surface area contributed by atoms with Gasteiger partial charge >= 0.3 is 0 Å². The van der Waals surface area contributed by atoms with Crippen LogP contribution in [0.2, 0.25) is 0 Å². The van der Waals surface area contributed by atoms with Crippen molar-refractivity contribution in [2.75, 3.05) is 11.4 Å². The number of para-hydroxylation sites is 1. The van der Waals surface area contributed by atoms with Gasteiger partial charge in [0.2, 0.25) is 0 Å². The van der Waals surface area contributed by atoms with Crippen molar-refractivity contribution in [3.05, 3.63) is 54.0 Å². The van der Waals surface area contributed by atoms with Crippen LogP contribution in [0.5, 0.6) is 0 Å².